The lowest BCUT2D eigenvalue weighted by Gasteiger charge is -2.12. The van der Waals surface area contributed by atoms with Crippen LogP contribution in [0.5, 0.6) is 0 Å². The zero-order valence-corrected chi connectivity index (χ0v) is 14.3. The number of ether oxygens (including phenoxy) is 1. The summed E-state index contributed by atoms with van der Waals surface area (Å²) in [6.07, 6.45) is -4.69. The van der Waals surface area contributed by atoms with E-state index in [1.807, 2.05) is 0 Å². The van der Waals surface area contributed by atoms with Crippen molar-refractivity contribution in [2.45, 2.75) is 6.18 Å². The summed E-state index contributed by atoms with van der Waals surface area (Å²) in [5.74, 6) is -2.67. The minimum atomic E-state index is -4.69. The van der Waals surface area contributed by atoms with Crippen molar-refractivity contribution < 1.29 is 31.9 Å². The summed E-state index contributed by atoms with van der Waals surface area (Å²) in [6, 6.07) is 10.4. The number of anilines is 1. The van der Waals surface area contributed by atoms with Crippen LogP contribution in [0.1, 0.15) is 20.7 Å². The molecule has 27 heavy (non-hydrogen) atoms. The minimum Gasteiger partial charge on any atom is -0.452 e. The van der Waals surface area contributed by atoms with Crippen LogP contribution >= 0.6 is 12.2 Å². The number of rotatable bonds is 4. The fourth-order valence-corrected chi connectivity index (χ4v) is 2.19. The van der Waals surface area contributed by atoms with Crippen LogP contribution in [0.2, 0.25) is 0 Å². The van der Waals surface area contributed by atoms with Gasteiger partial charge in [-0.3, -0.25) is 10.1 Å². The van der Waals surface area contributed by atoms with Crippen molar-refractivity contribution in [1.82, 2.24) is 5.32 Å². The largest absolute Gasteiger partial charge is 0.452 e. The van der Waals surface area contributed by atoms with Gasteiger partial charge in [-0.05, 0) is 42.5 Å². The van der Waals surface area contributed by atoms with E-state index in [-0.39, 0.29) is 21.9 Å². The lowest BCUT2D eigenvalue weighted by molar-refractivity contribution is -0.161. The summed E-state index contributed by atoms with van der Waals surface area (Å²) in [5, 5.41) is 4.64. The summed E-state index contributed by atoms with van der Waals surface area (Å²) in [5.41, 5.74) is -0.306. The minimum absolute atomic E-state index is 0.191. The highest BCUT2D eigenvalue weighted by atomic mass is 32.1. The molecule has 0 saturated carbocycles. The molecule has 0 bridgehead atoms. The summed E-state index contributed by atoms with van der Waals surface area (Å²) in [7, 11) is 0. The van der Waals surface area contributed by atoms with Gasteiger partial charge in [-0.25, -0.2) is 9.18 Å². The first kappa shape index (κ1) is 20.3. The van der Waals surface area contributed by atoms with E-state index in [2.05, 4.69) is 15.4 Å². The highest BCUT2D eigenvalue weighted by Gasteiger charge is 2.30. The maximum atomic E-state index is 13.1. The Kier molecular flexibility index (Phi) is 6.45. The van der Waals surface area contributed by atoms with Crippen molar-refractivity contribution in [2.75, 3.05) is 11.9 Å². The van der Waals surface area contributed by atoms with E-state index < -0.39 is 30.5 Å². The summed E-state index contributed by atoms with van der Waals surface area (Å²) in [6.45, 7) is -1.78. The molecule has 2 aromatic rings. The maximum Gasteiger partial charge on any atom is 0.422 e. The van der Waals surface area contributed by atoms with Gasteiger partial charge in [-0.2, -0.15) is 13.2 Å². The van der Waals surface area contributed by atoms with Gasteiger partial charge < -0.3 is 10.1 Å². The number of nitrogens with one attached hydrogen (secondary N) is 2. The SMILES string of the molecule is O=C(NC(=S)Nc1cccc(F)c1)c1ccccc1C(=O)OCC(F)(F)F. The average Bonchev–Trinajstić information content (AvgIpc) is 2.59. The third-order valence-electron chi connectivity index (χ3n) is 3.07. The number of carbonyl (C=O) groups is 2. The van der Waals surface area contributed by atoms with E-state index in [1.54, 1.807) is 0 Å². The van der Waals surface area contributed by atoms with E-state index in [1.165, 1.54) is 36.4 Å². The molecular weight excluding hydrogens is 388 g/mol. The van der Waals surface area contributed by atoms with E-state index >= 15 is 0 Å². The van der Waals surface area contributed by atoms with Crippen LogP contribution in [-0.2, 0) is 4.74 Å². The van der Waals surface area contributed by atoms with Crippen molar-refractivity contribution in [1.29, 1.82) is 0 Å². The highest BCUT2D eigenvalue weighted by molar-refractivity contribution is 7.80. The number of amides is 1. The van der Waals surface area contributed by atoms with E-state index in [0.29, 0.717) is 0 Å². The Morgan fingerprint density at radius 3 is 2.33 bits per heavy atom. The van der Waals surface area contributed by atoms with E-state index in [4.69, 9.17) is 12.2 Å². The Balaban J connectivity index is 2.08. The predicted molar refractivity (Wildman–Crippen MR) is 92.9 cm³/mol. The van der Waals surface area contributed by atoms with Crippen molar-refractivity contribution in [2.24, 2.45) is 0 Å². The molecule has 0 unspecified atom stereocenters. The number of esters is 1. The standard InChI is InChI=1S/C17H12F4N2O3S/c18-10-4-3-5-11(8-10)22-16(27)23-14(24)12-6-1-2-7-13(12)15(25)26-9-17(19,20)21/h1-8H,9H2,(H2,22,23,24,27). The number of hydrogen-bond acceptors (Lipinski definition) is 4. The monoisotopic (exact) mass is 400 g/mol. The van der Waals surface area contributed by atoms with Crippen LogP contribution in [0.3, 0.4) is 0 Å². The van der Waals surface area contributed by atoms with Gasteiger partial charge >= 0.3 is 12.1 Å². The molecule has 2 N–H and O–H groups in total. The molecular formula is C17H12F4N2O3S. The fraction of sp³-hybridized carbons (Fsp3) is 0.118. The summed E-state index contributed by atoms with van der Waals surface area (Å²) < 4.78 is 53.9. The molecule has 5 nitrogen and oxygen atoms in total. The lowest BCUT2D eigenvalue weighted by Crippen LogP contribution is -2.35. The number of alkyl halides is 3. The molecule has 0 saturated heterocycles. The molecule has 142 valence electrons. The topological polar surface area (TPSA) is 67.4 Å². The molecule has 0 aliphatic rings. The van der Waals surface area contributed by atoms with Crippen LogP contribution in [0.4, 0.5) is 23.2 Å². The summed E-state index contributed by atoms with van der Waals surface area (Å²) >= 11 is 4.93. The Morgan fingerprint density at radius 1 is 1.04 bits per heavy atom. The lowest BCUT2D eigenvalue weighted by atomic mass is 10.1. The predicted octanol–water partition coefficient (Wildman–Crippen LogP) is 3.67. The molecule has 0 aliphatic carbocycles. The molecule has 2 rings (SSSR count). The van der Waals surface area contributed by atoms with Gasteiger partial charge in [0.05, 0.1) is 11.1 Å². The Labute approximate surface area is 156 Å². The zero-order chi connectivity index (χ0) is 20.0. The van der Waals surface area contributed by atoms with Crippen LogP contribution in [-0.4, -0.2) is 29.8 Å². The maximum absolute atomic E-state index is 13.1. The van der Waals surface area contributed by atoms with E-state index in [0.717, 1.165) is 12.1 Å². The highest BCUT2D eigenvalue weighted by Crippen LogP contribution is 2.17. The third kappa shape index (κ3) is 6.33. The van der Waals surface area contributed by atoms with Crippen molar-refractivity contribution in [3.8, 4) is 0 Å². The molecule has 0 atom stereocenters. The number of carbonyl (C=O) groups excluding carboxylic acids is 2. The van der Waals surface area contributed by atoms with Crippen LogP contribution in [0, 0.1) is 5.82 Å². The second-order valence-electron chi connectivity index (χ2n) is 5.16. The van der Waals surface area contributed by atoms with Crippen LogP contribution in [0.15, 0.2) is 48.5 Å². The van der Waals surface area contributed by atoms with Gasteiger partial charge in [0.2, 0.25) is 0 Å². The van der Waals surface area contributed by atoms with Crippen LogP contribution in [0.25, 0.3) is 0 Å². The molecule has 0 aliphatic heterocycles. The Bertz CT molecular complexity index is 871. The quantitative estimate of drug-likeness (QED) is 0.466. The first-order chi connectivity index (χ1) is 12.7. The molecule has 0 fully saturated rings. The smallest absolute Gasteiger partial charge is 0.422 e. The molecule has 0 spiro atoms. The fourth-order valence-electron chi connectivity index (χ4n) is 1.98. The zero-order valence-electron chi connectivity index (χ0n) is 13.5. The van der Waals surface area contributed by atoms with Gasteiger partial charge in [0.1, 0.15) is 5.82 Å². The van der Waals surface area contributed by atoms with E-state index in [9.17, 15) is 27.2 Å². The van der Waals surface area contributed by atoms with Crippen molar-refractivity contribution >= 4 is 34.9 Å². The molecule has 1 amide bonds. The molecule has 0 aromatic heterocycles. The van der Waals surface area contributed by atoms with Gasteiger partial charge in [0, 0.05) is 5.69 Å². The number of hydrogen-bond donors (Lipinski definition) is 2. The first-order valence-electron chi connectivity index (χ1n) is 7.36. The normalized spacial score (nSPS) is 10.8. The second kappa shape index (κ2) is 8.58. The molecule has 10 heteroatoms. The first-order valence-corrected chi connectivity index (χ1v) is 7.77. The Morgan fingerprint density at radius 2 is 1.70 bits per heavy atom. The van der Waals surface area contributed by atoms with Gasteiger partial charge in [-0.1, -0.05) is 18.2 Å². The number of benzene rings is 2. The Hall–Kier alpha value is -3.01. The number of halogens is 4. The van der Waals surface area contributed by atoms with Crippen molar-refractivity contribution in [3.05, 3.63) is 65.5 Å². The summed E-state index contributed by atoms with van der Waals surface area (Å²) in [4.78, 5) is 24.1. The van der Waals surface area contributed by atoms with Crippen LogP contribution < -0.4 is 10.6 Å². The third-order valence-corrected chi connectivity index (χ3v) is 3.27. The van der Waals surface area contributed by atoms with Gasteiger partial charge in [0.15, 0.2) is 11.7 Å². The molecule has 2 aromatic carbocycles. The van der Waals surface area contributed by atoms with Gasteiger partial charge in [0.25, 0.3) is 5.91 Å². The van der Waals surface area contributed by atoms with Gasteiger partial charge in [-0.15, -0.1) is 0 Å². The van der Waals surface area contributed by atoms with Crippen molar-refractivity contribution in [3.63, 3.8) is 0 Å². The average molecular weight is 400 g/mol. The second-order valence-corrected chi connectivity index (χ2v) is 5.56. The molecule has 0 radical (unpaired) electrons. The molecule has 0 heterocycles. The number of thiocarbonyl (C=S) groups is 1.